The fourth-order valence-corrected chi connectivity index (χ4v) is 2.88. The Bertz CT molecular complexity index is 707. The van der Waals surface area contributed by atoms with E-state index in [1.807, 2.05) is 48.5 Å². The number of methoxy groups -OCH3 is 1. The lowest BCUT2D eigenvalue weighted by Gasteiger charge is -2.24. The van der Waals surface area contributed by atoms with E-state index < -0.39 is 0 Å². The number of benzene rings is 2. The average molecular weight is 398 g/mol. The molecule has 0 spiro atoms. The van der Waals surface area contributed by atoms with Crippen LogP contribution in [-0.4, -0.2) is 32.1 Å². The number of halogens is 2. The quantitative estimate of drug-likeness (QED) is 0.718. The van der Waals surface area contributed by atoms with Gasteiger partial charge in [0.2, 0.25) is 0 Å². The van der Waals surface area contributed by atoms with E-state index in [0.29, 0.717) is 5.56 Å². The Morgan fingerprint density at radius 1 is 1.08 bits per heavy atom. The maximum absolute atomic E-state index is 12.7. The second kappa shape index (κ2) is 10.9. The molecule has 1 amide bonds. The van der Waals surface area contributed by atoms with E-state index in [-0.39, 0.29) is 36.8 Å². The summed E-state index contributed by atoms with van der Waals surface area (Å²) >= 11 is 0. The van der Waals surface area contributed by atoms with Gasteiger partial charge in [0, 0.05) is 17.8 Å². The lowest BCUT2D eigenvalue weighted by molar-refractivity contribution is 0.0930. The van der Waals surface area contributed by atoms with Crippen molar-refractivity contribution in [3.05, 3.63) is 54.1 Å². The van der Waals surface area contributed by atoms with Crippen molar-refractivity contribution in [3.8, 4) is 5.75 Å². The maximum atomic E-state index is 12.7. The highest BCUT2D eigenvalue weighted by atomic mass is 35.5. The monoisotopic (exact) mass is 397 g/mol. The second-order valence-corrected chi connectivity index (χ2v) is 5.90. The number of piperidine rings is 1. The molecular formula is C19H25Cl2N3O2. The molecular weight excluding hydrogens is 373 g/mol. The molecule has 0 aliphatic carbocycles. The van der Waals surface area contributed by atoms with Gasteiger partial charge in [-0.3, -0.25) is 4.79 Å². The third kappa shape index (κ3) is 5.80. The first-order valence-corrected chi connectivity index (χ1v) is 8.28. The van der Waals surface area contributed by atoms with E-state index in [0.717, 1.165) is 43.1 Å². The van der Waals surface area contributed by atoms with Gasteiger partial charge in [0.1, 0.15) is 5.75 Å². The number of hydrogen-bond donors (Lipinski definition) is 3. The Hall–Kier alpha value is -1.95. The second-order valence-electron chi connectivity index (χ2n) is 5.90. The Balaban J connectivity index is 0.00000169. The predicted octanol–water partition coefficient (Wildman–Crippen LogP) is 3.76. The van der Waals surface area contributed by atoms with Gasteiger partial charge in [0.25, 0.3) is 5.91 Å². The van der Waals surface area contributed by atoms with Gasteiger partial charge in [-0.15, -0.1) is 24.8 Å². The number of para-hydroxylation sites is 1. The first kappa shape index (κ1) is 22.1. The molecule has 0 saturated carbocycles. The topological polar surface area (TPSA) is 62.4 Å². The summed E-state index contributed by atoms with van der Waals surface area (Å²) in [7, 11) is 1.64. The highest BCUT2D eigenvalue weighted by molar-refractivity contribution is 6.00. The summed E-state index contributed by atoms with van der Waals surface area (Å²) in [5, 5.41) is 9.76. The van der Waals surface area contributed by atoms with Crippen molar-refractivity contribution in [2.24, 2.45) is 0 Å². The number of hydrogen-bond acceptors (Lipinski definition) is 4. The van der Waals surface area contributed by atoms with Crippen molar-refractivity contribution >= 4 is 42.1 Å². The summed E-state index contributed by atoms with van der Waals surface area (Å²) in [4.78, 5) is 12.7. The molecule has 3 N–H and O–H groups in total. The molecule has 0 radical (unpaired) electrons. The van der Waals surface area contributed by atoms with E-state index >= 15 is 0 Å². The molecule has 1 aliphatic heterocycles. The van der Waals surface area contributed by atoms with Gasteiger partial charge in [-0.25, -0.2) is 0 Å². The zero-order valence-corrected chi connectivity index (χ0v) is 16.3. The fourth-order valence-electron chi connectivity index (χ4n) is 2.88. The maximum Gasteiger partial charge on any atom is 0.253 e. The standard InChI is InChI=1S/C19H23N3O2.2ClH/c1-24-16-6-4-5-15(13-16)21-18-8-3-2-7-17(18)19(23)22-14-9-11-20-12-10-14;;/h2-8,13-14,20-21H,9-12H2,1H3,(H,22,23);2*1H. The SMILES string of the molecule is COc1cccc(Nc2ccccc2C(=O)NC2CCNCC2)c1.Cl.Cl. The number of carbonyl (C=O) groups excluding carboxylic acids is 1. The van der Waals surface area contributed by atoms with Crippen LogP contribution >= 0.6 is 24.8 Å². The number of nitrogens with one attached hydrogen (secondary N) is 3. The van der Waals surface area contributed by atoms with Crippen LogP contribution in [0.4, 0.5) is 11.4 Å². The lowest BCUT2D eigenvalue weighted by Crippen LogP contribution is -2.42. The van der Waals surface area contributed by atoms with Gasteiger partial charge >= 0.3 is 0 Å². The molecule has 0 unspecified atom stereocenters. The van der Waals surface area contributed by atoms with Crippen LogP contribution in [0.25, 0.3) is 0 Å². The zero-order chi connectivity index (χ0) is 16.8. The smallest absolute Gasteiger partial charge is 0.253 e. The average Bonchev–Trinajstić information content (AvgIpc) is 2.63. The number of rotatable bonds is 5. The van der Waals surface area contributed by atoms with E-state index in [2.05, 4.69) is 16.0 Å². The van der Waals surface area contributed by atoms with Gasteiger partial charge in [-0.2, -0.15) is 0 Å². The van der Waals surface area contributed by atoms with Gasteiger partial charge < -0.3 is 20.7 Å². The summed E-state index contributed by atoms with van der Waals surface area (Å²) in [5.74, 6) is 0.740. The first-order chi connectivity index (χ1) is 11.8. The van der Waals surface area contributed by atoms with E-state index in [9.17, 15) is 4.79 Å². The first-order valence-electron chi connectivity index (χ1n) is 8.28. The van der Waals surface area contributed by atoms with Crippen LogP contribution in [0.5, 0.6) is 5.75 Å². The highest BCUT2D eigenvalue weighted by Crippen LogP contribution is 2.24. The summed E-state index contributed by atoms with van der Waals surface area (Å²) < 4.78 is 5.25. The van der Waals surface area contributed by atoms with Crippen molar-refractivity contribution in [1.29, 1.82) is 0 Å². The number of anilines is 2. The van der Waals surface area contributed by atoms with Gasteiger partial charge in [0.15, 0.2) is 0 Å². The molecule has 0 atom stereocenters. The fraction of sp³-hybridized carbons (Fsp3) is 0.316. The number of carbonyl (C=O) groups is 1. The Kier molecular flexibility index (Phi) is 9.27. The van der Waals surface area contributed by atoms with Crippen molar-refractivity contribution in [2.45, 2.75) is 18.9 Å². The normalized spacial score (nSPS) is 13.7. The van der Waals surface area contributed by atoms with E-state index in [1.165, 1.54) is 0 Å². The van der Waals surface area contributed by atoms with Gasteiger partial charge in [-0.05, 0) is 50.2 Å². The minimum Gasteiger partial charge on any atom is -0.497 e. The third-order valence-electron chi connectivity index (χ3n) is 4.19. The Labute approximate surface area is 166 Å². The summed E-state index contributed by atoms with van der Waals surface area (Å²) in [6.45, 7) is 1.91. The molecule has 1 saturated heterocycles. The van der Waals surface area contributed by atoms with Crippen LogP contribution in [0.3, 0.4) is 0 Å². The Morgan fingerprint density at radius 3 is 2.54 bits per heavy atom. The van der Waals surface area contributed by atoms with Crippen molar-refractivity contribution in [2.75, 3.05) is 25.5 Å². The van der Waals surface area contributed by atoms with Crippen molar-refractivity contribution in [1.82, 2.24) is 10.6 Å². The summed E-state index contributed by atoms with van der Waals surface area (Å²) in [5.41, 5.74) is 2.33. The van der Waals surface area contributed by atoms with Crippen LogP contribution < -0.4 is 20.7 Å². The third-order valence-corrected chi connectivity index (χ3v) is 4.19. The number of amides is 1. The molecule has 3 rings (SSSR count). The van der Waals surface area contributed by atoms with Crippen LogP contribution in [0.1, 0.15) is 23.2 Å². The lowest BCUT2D eigenvalue weighted by atomic mass is 10.1. The van der Waals surface area contributed by atoms with Crippen LogP contribution in [0.15, 0.2) is 48.5 Å². The van der Waals surface area contributed by atoms with Gasteiger partial charge in [0.05, 0.1) is 18.4 Å². The molecule has 1 heterocycles. The highest BCUT2D eigenvalue weighted by Gasteiger charge is 2.18. The minimum atomic E-state index is -0.0344. The largest absolute Gasteiger partial charge is 0.497 e. The molecule has 0 bridgehead atoms. The zero-order valence-electron chi connectivity index (χ0n) is 14.7. The molecule has 1 aliphatic rings. The molecule has 2 aromatic rings. The van der Waals surface area contributed by atoms with E-state index in [1.54, 1.807) is 7.11 Å². The molecule has 2 aromatic carbocycles. The van der Waals surface area contributed by atoms with Crippen LogP contribution in [0, 0.1) is 0 Å². The van der Waals surface area contributed by atoms with Crippen molar-refractivity contribution < 1.29 is 9.53 Å². The van der Waals surface area contributed by atoms with Crippen LogP contribution in [0.2, 0.25) is 0 Å². The molecule has 142 valence electrons. The number of ether oxygens (including phenoxy) is 1. The van der Waals surface area contributed by atoms with Gasteiger partial charge in [-0.1, -0.05) is 18.2 Å². The summed E-state index contributed by atoms with van der Waals surface area (Å²) in [6, 6.07) is 15.5. The molecule has 0 aromatic heterocycles. The van der Waals surface area contributed by atoms with Crippen LogP contribution in [-0.2, 0) is 0 Å². The minimum absolute atomic E-state index is 0. The molecule has 5 nitrogen and oxygen atoms in total. The Morgan fingerprint density at radius 2 is 1.81 bits per heavy atom. The summed E-state index contributed by atoms with van der Waals surface area (Å²) in [6.07, 6.45) is 1.94. The van der Waals surface area contributed by atoms with Crippen molar-refractivity contribution in [3.63, 3.8) is 0 Å². The predicted molar refractivity (Wildman–Crippen MR) is 111 cm³/mol. The molecule has 26 heavy (non-hydrogen) atoms. The molecule has 1 fully saturated rings. The molecule has 7 heteroatoms. The van der Waals surface area contributed by atoms with E-state index in [4.69, 9.17) is 4.74 Å².